The largest absolute Gasteiger partial charge is 0.495 e. The SMILES string of the molecule is COc1ccccc1N(C(=O)CN1C(=O)[C@H]2[C@H](C1=O)[C@H]1C=C[C@H]2C1)C1=NCCCS1. The molecular weight excluding hydrogens is 402 g/mol. The summed E-state index contributed by atoms with van der Waals surface area (Å²) in [5.41, 5.74) is 0.569. The molecule has 1 aromatic carbocycles. The summed E-state index contributed by atoms with van der Waals surface area (Å²) < 4.78 is 5.46. The minimum Gasteiger partial charge on any atom is -0.495 e. The number of amides is 3. The molecule has 7 nitrogen and oxygen atoms in total. The standard InChI is InChI=1S/C22H23N3O4S/c1-29-16-6-3-2-5-15(16)25(22-23-9-4-10-30-22)17(26)12-24-20(27)18-13-7-8-14(11-13)19(18)21(24)28/h2-3,5-8,13-14,18-19H,4,9-12H2,1H3/t13-,14-,18+,19+/m0/s1. The van der Waals surface area contributed by atoms with E-state index in [0.29, 0.717) is 23.1 Å². The minimum atomic E-state index is -0.352. The van der Waals surface area contributed by atoms with Gasteiger partial charge in [-0.15, -0.1) is 0 Å². The summed E-state index contributed by atoms with van der Waals surface area (Å²) in [5.74, 6) is 0.260. The number of anilines is 1. The molecule has 4 aliphatic rings. The second-order valence-electron chi connectivity index (χ2n) is 8.03. The highest BCUT2D eigenvalue weighted by molar-refractivity contribution is 8.14. The van der Waals surface area contributed by atoms with Crippen LogP contribution in [-0.2, 0) is 14.4 Å². The number of benzene rings is 1. The van der Waals surface area contributed by atoms with Crippen molar-refractivity contribution < 1.29 is 19.1 Å². The maximum atomic E-state index is 13.5. The summed E-state index contributed by atoms with van der Waals surface area (Å²) in [7, 11) is 1.55. The second kappa shape index (κ2) is 7.58. The first-order valence-corrected chi connectivity index (χ1v) is 11.3. The molecule has 4 atom stereocenters. The van der Waals surface area contributed by atoms with Crippen molar-refractivity contribution in [2.45, 2.75) is 12.8 Å². The molecule has 156 valence electrons. The molecule has 8 heteroatoms. The van der Waals surface area contributed by atoms with Crippen molar-refractivity contribution in [3.63, 3.8) is 0 Å². The highest BCUT2D eigenvalue weighted by atomic mass is 32.2. The molecule has 0 aromatic heterocycles. The molecule has 2 heterocycles. The second-order valence-corrected chi connectivity index (χ2v) is 9.09. The van der Waals surface area contributed by atoms with Crippen LogP contribution < -0.4 is 9.64 Å². The van der Waals surface area contributed by atoms with Crippen molar-refractivity contribution in [3.8, 4) is 5.75 Å². The topological polar surface area (TPSA) is 79.3 Å². The Bertz CT molecular complexity index is 945. The van der Waals surface area contributed by atoms with Gasteiger partial charge in [-0.05, 0) is 36.8 Å². The summed E-state index contributed by atoms with van der Waals surface area (Å²) in [4.78, 5) is 46.7. The van der Waals surface area contributed by atoms with Crippen LogP contribution in [0.15, 0.2) is 41.4 Å². The van der Waals surface area contributed by atoms with Crippen LogP contribution in [0.1, 0.15) is 12.8 Å². The van der Waals surface area contributed by atoms with Crippen molar-refractivity contribution in [2.75, 3.05) is 30.9 Å². The first-order chi connectivity index (χ1) is 14.6. The third-order valence-corrected chi connectivity index (χ3v) is 7.47. The molecule has 2 aliphatic carbocycles. The minimum absolute atomic E-state index is 0.125. The smallest absolute Gasteiger partial charge is 0.253 e. The third-order valence-electron chi connectivity index (χ3n) is 6.40. The molecule has 2 aliphatic heterocycles. The fourth-order valence-corrected chi connectivity index (χ4v) is 6.04. The number of allylic oxidation sites excluding steroid dienone is 2. The Labute approximate surface area is 179 Å². The number of carbonyl (C=O) groups is 3. The molecule has 3 amide bonds. The van der Waals surface area contributed by atoms with Crippen molar-refractivity contribution in [1.82, 2.24) is 4.90 Å². The van der Waals surface area contributed by atoms with Crippen molar-refractivity contribution in [2.24, 2.45) is 28.7 Å². The number of nitrogens with zero attached hydrogens (tertiary/aromatic N) is 3. The van der Waals surface area contributed by atoms with E-state index in [4.69, 9.17) is 4.74 Å². The summed E-state index contributed by atoms with van der Waals surface area (Å²) >= 11 is 1.50. The van der Waals surface area contributed by atoms with Crippen LogP contribution >= 0.6 is 11.8 Å². The van der Waals surface area contributed by atoms with Crippen LogP contribution in [0, 0.1) is 23.7 Å². The molecule has 2 bridgehead atoms. The number of hydrogen-bond donors (Lipinski definition) is 0. The van der Waals surface area contributed by atoms with E-state index in [2.05, 4.69) is 17.1 Å². The zero-order valence-electron chi connectivity index (χ0n) is 16.7. The number of carbonyl (C=O) groups excluding carboxylic acids is 3. The first kappa shape index (κ1) is 19.4. The number of hydrogen-bond acceptors (Lipinski definition) is 6. The molecule has 1 saturated carbocycles. The Morgan fingerprint density at radius 3 is 2.53 bits per heavy atom. The molecule has 0 N–H and O–H groups in total. The Balaban J connectivity index is 1.44. The molecule has 30 heavy (non-hydrogen) atoms. The normalized spacial score (nSPS) is 29.2. The monoisotopic (exact) mass is 425 g/mol. The summed E-state index contributed by atoms with van der Waals surface area (Å²) in [6.07, 6.45) is 5.92. The number of amidine groups is 1. The van der Waals surface area contributed by atoms with Crippen molar-refractivity contribution in [3.05, 3.63) is 36.4 Å². The van der Waals surface area contributed by atoms with Gasteiger partial charge in [0.05, 0.1) is 24.6 Å². The molecule has 0 radical (unpaired) electrons. The number of fused-ring (bicyclic) bond motifs is 5. The molecule has 2 fully saturated rings. The van der Waals surface area contributed by atoms with Gasteiger partial charge in [0.2, 0.25) is 11.8 Å². The lowest BCUT2D eigenvalue weighted by Gasteiger charge is -2.28. The summed E-state index contributed by atoms with van der Waals surface area (Å²) in [5, 5.41) is 0.580. The Hall–Kier alpha value is -2.61. The molecule has 5 rings (SSSR count). The maximum absolute atomic E-state index is 13.5. The number of ether oxygens (including phenoxy) is 1. The number of aliphatic imine (C=N–C) groups is 1. The molecule has 1 saturated heterocycles. The van der Waals surface area contributed by atoms with E-state index in [1.54, 1.807) is 19.2 Å². The van der Waals surface area contributed by atoms with Crippen LogP contribution in [-0.4, -0.2) is 53.7 Å². The average Bonchev–Trinajstić information content (AvgIpc) is 3.45. The molecule has 0 spiro atoms. The predicted molar refractivity (Wildman–Crippen MR) is 114 cm³/mol. The van der Waals surface area contributed by atoms with E-state index in [9.17, 15) is 14.4 Å². The fraction of sp³-hybridized carbons (Fsp3) is 0.455. The number of rotatable bonds is 4. The Morgan fingerprint density at radius 1 is 1.20 bits per heavy atom. The van der Waals surface area contributed by atoms with E-state index in [1.807, 2.05) is 12.1 Å². The third kappa shape index (κ3) is 2.96. The maximum Gasteiger partial charge on any atom is 0.253 e. The fourth-order valence-electron chi connectivity index (χ4n) is 5.07. The van der Waals surface area contributed by atoms with Gasteiger partial charge in [-0.3, -0.25) is 29.2 Å². The van der Waals surface area contributed by atoms with Gasteiger partial charge in [0.25, 0.3) is 5.91 Å². The van der Waals surface area contributed by atoms with Gasteiger partial charge in [-0.1, -0.05) is 36.0 Å². The highest BCUT2D eigenvalue weighted by Crippen LogP contribution is 2.52. The van der Waals surface area contributed by atoms with Crippen LogP contribution in [0.5, 0.6) is 5.75 Å². The molecule has 0 unspecified atom stereocenters. The summed E-state index contributed by atoms with van der Waals surface area (Å²) in [6, 6.07) is 7.23. The molecule has 1 aromatic rings. The predicted octanol–water partition coefficient (Wildman–Crippen LogP) is 2.33. The number of thioether (sulfide) groups is 1. The zero-order chi connectivity index (χ0) is 20.8. The number of imide groups is 1. The van der Waals surface area contributed by atoms with Crippen LogP contribution in [0.25, 0.3) is 0 Å². The van der Waals surface area contributed by atoms with Crippen LogP contribution in [0.2, 0.25) is 0 Å². The Kier molecular flexibility index (Phi) is 4.89. The number of likely N-dealkylation sites (tertiary alicyclic amines) is 1. The molecular formula is C22H23N3O4S. The van der Waals surface area contributed by atoms with E-state index in [-0.39, 0.29) is 47.9 Å². The first-order valence-electron chi connectivity index (χ1n) is 10.3. The van der Waals surface area contributed by atoms with Gasteiger partial charge in [-0.25, -0.2) is 0 Å². The van der Waals surface area contributed by atoms with Gasteiger partial charge in [-0.2, -0.15) is 0 Å². The summed E-state index contributed by atoms with van der Waals surface area (Å²) in [6.45, 7) is 0.365. The lowest BCUT2D eigenvalue weighted by atomic mass is 9.85. The number of methoxy groups -OCH3 is 1. The number of para-hydroxylation sites is 2. The van der Waals surface area contributed by atoms with Gasteiger partial charge >= 0.3 is 0 Å². The van der Waals surface area contributed by atoms with E-state index < -0.39 is 0 Å². The van der Waals surface area contributed by atoms with Gasteiger partial charge in [0.15, 0.2) is 5.17 Å². The van der Waals surface area contributed by atoms with Gasteiger partial charge in [0, 0.05) is 12.3 Å². The highest BCUT2D eigenvalue weighted by Gasteiger charge is 2.59. The van der Waals surface area contributed by atoms with E-state index >= 15 is 0 Å². The van der Waals surface area contributed by atoms with Gasteiger partial charge in [0.1, 0.15) is 12.3 Å². The van der Waals surface area contributed by atoms with Crippen LogP contribution in [0.4, 0.5) is 5.69 Å². The quantitative estimate of drug-likeness (QED) is 0.547. The lowest BCUT2D eigenvalue weighted by Crippen LogP contribution is -2.46. The average molecular weight is 426 g/mol. The Morgan fingerprint density at radius 2 is 1.90 bits per heavy atom. The van der Waals surface area contributed by atoms with Crippen LogP contribution in [0.3, 0.4) is 0 Å². The van der Waals surface area contributed by atoms with E-state index in [1.165, 1.54) is 21.6 Å². The lowest BCUT2D eigenvalue weighted by molar-refractivity contribution is -0.143. The van der Waals surface area contributed by atoms with Crippen molar-refractivity contribution in [1.29, 1.82) is 0 Å². The van der Waals surface area contributed by atoms with Gasteiger partial charge < -0.3 is 4.74 Å². The van der Waals surface area contributed by atoms with E-state index in [0.717, 1.165) is 18.6 Å². The van der Waals surface area contributed by atoms with Crippen molar-refractivity contribution >= 4 is 40.3 Å². The zero-order valence-corrected chi connectivity index (χ0v) is 17.5.